The monoisotopic (exact) mass is 269 g/mol. The highest BCUT2D eigenvalue weighted by Gasteiger charge is 2.30. The van der Waals surface area contributed by atoms with Crippen LogP contribution in [-0.4, -0.2) is 25.3 Å². The van der Waals surface area contributed by atoms with E-state index in [2.05, 4.69) is 26.1 Å². The molecule has 1 rings (SSSR count). The van der Waals surface area contributed by atoms with Gasteiger partial charge in [0.2, 0.25) is 0 Å². The van der Waals surface area contributed by atoms with Gasteiger partial charge in [0.25, 0.3) is 0 Å². The molecule has 0 radical (unpaired) electrons. The molecule has 0 aromatic rings. The molecule has 19 heavy (non-hydrogen) atoms. The molecule has 114 valence electrons. The van der Waals surface area contributed by atoms with Crippen molar-refractivity contribution in [2.24, 2.45) is 5.92 Å². The third-order valence-corrected chi connectivity index (χ3v) is 4.33. The lowest BCUT2D eigenvalue weighted by Crippen LogP contribution is -2.46. The fourth-order valence-electron chi connectivity index (χ4n) is 3.22. The van der Waals surface area contributed by atoms with Gasteiger partial charge in [0.1, 0.15) is 0 Å². The first-order chi connectivity index (χ1) is 9.31. The molecule has 0 amide bonds. The van der Waals surface area contributed by atoms with Gasteiger partial charge in [-0.25, -0.2) is 0 Å². The van der Waals surface area contributed by atoms with Gasteiger partial charge in [-0.15, -0.1) is 0 Å². The molecule has 1 saturated carbocycles. The predicted octanol–water partition coefficient (Wildman–Crippen LogP) is 4.53. The Hall–Kier alpha value is -0.0800. The molecule has 0 spiro atoms. The second-order valence-corrected chi connectivity index (χ2v) is 6.14. The Kier molecular flexibility index (Phi) is 9.54. The van der Waals surface area contributed by atoms with Crippen LogP contribution in [0.3, 0.4) is 0 Å². The topological polar surface area (TPSA) is 21.3 Å². The second-order valence-electron chi connectivity index (χ2n) is 6.14. The van der Waals surface area contributed by atoms with Gasteiger partial charge in [-0.05, 0) is 44.6 Å². The van der Waals surface area contributed by atoms with E-state index in [4.69, 9.17) is 4.74 Å². The normalized spacial score (nSPS) is 27.6. The Bertz CT molecular complexity index is 207. The van der Waals surface area contributed by atoms with Gasteiger partial charge in [0.05, 0.1) is 6.10 Å². The summed E-state index contributed by atoms with van der Waals surface area (Å²) in [4.78, 5) is 0. The van der Waals surface area contributed by atoms with Crippen LogP contribution in [-0.2, 0) is 4.74 Å². The van der Waals surface area contributed by atoms with E-state index in [0.29, 0.717) is 12.1 Å². The molecule has 1 aliphatic carbocycles. The Morgan fingerprint density at radius 3 is 2.53 bits per heavy atom. The Labute approximate surface area is 120 Å². The summed E-state index contributed by atoms with van der Waals surface area (Å²) in [6.45, 7) is 8.90. The Morgan fingerprint density at radius 1 is 1.00 bits per heavy atom. The molecule has 3 unspecified atom stereocenters. The number of rotatable bonds is 10. The summed E-state index contributed by atoms with van der Waals surface area (Å²) in [5.41, 5.74) is 0. The molecule has 0 saturated heterocycles. The average Bonchev–Trinajstić information content (AvgIpc) is 2.43. The molecular weight excluding hydrogens is 234 g/mol. The van der Waals surface area contributed by atoms with Crippen LogP contribution in [0, 0.1) is 5.92 Å². The number of nitrogens with one attached hydrogen (secondary N) is 1. The lowest BCUT2D eigenvalue weighted by atomic mass is 9.81. The van der Waals surface area contributed by atoms with Gasteiger partial charge in [-0.1, -0.05) is 46.5 Å². The molecule has 0 aromatic heterocycles. The van der Waals surface area contributed by atoms with Crippen molar-refractivity contribution >= 4 is 0 Å². The molecule has 1 aliphatic rings. The SMILES string of the molecule is CCCCCOC1CC(CCC)CCC1NCCC. The fourth-order valence-corrected chi connectivity index (χ4v) is 3.22. The van der Waals surface area contributed by atoms with Gasteiger partial charge >= 0.3 is 0 Å². The molecule has 2 nitrogen and oxygen atoms in total. The molecule has 1 N–H and O–H groups in total. The van der Waals surface area contributed by atoms with Crippen molar-refractivity contribution in [2.75, 3.05) is 13.2 Å². The molecule has 0 bridgehead atoms. The third-order valence-electron chi connectivity index (χ3n) is 4.33. The number of hydrogen-bond donors (Lipinski definition) is 1. The summed E-state index contributed by atoms with van der Waals surface area (Å²) >= 11 is 0. The number of hydrogen-bond acceptors (Lipinski definition) is 2. The summed E-state index contributed by atoms with van der Waals surface area (Å²) in [7, 11) is 0. The van der Waals surface area contributed by atoms with Crippen LogP contribution in [0.25, 0.3) is 0 Å². The minimum atomic E-state index is 0.466. The molecule has 0 aliphatic heterocycles. The Morgan fingerprint density at radius 2 is 1.84 bits per heavy atom. The lowest BCUT2D eigenvalue weighted by molar-refractivity contribution is -0.0125. The van der Waals surface area contributed by atoms with Crippen LogP contribution >= 0.6 is 0 Å². The fraction of sp³-hybridized carbons (Fsp3) is 1.00. The predicted molar refractivity (Wildman–Crippen MR) is 83.6 cm³/mol. The van der Waals surface area contributed by atoms with Crippen LogP contribution < -0.4 is 5.32 Å². The van der Waals surface area contributed by atoms with Crippen molar-refractivity contribution in [1.29, 1.82) is 0 Å². The zero-order chi connectivity index (χ0) is 13.9. The van der Waals surface area contributed by atoms with E-state index in [1.54, 1.807) is 0 Å². The highest BCUT2D eigenvalue weighted by Crippen LogP contribution is 2.30. The minimum absolute atomic E-state index is 0.466. The van der Waals surface area contributed by atoms with Gasteiger partial charge in [-0.3, -0.25) is 0 Å². The maximum absolute atomic E-state index is 6.21. The standard InChI is InChI=1S/C17H35NO/c1-4-7-8-13-19-17-14-15(9-5-2)10-11-16(17)18-12-6-3/h15-18H,4-14H2,1-3H3. The molecule has 0 aromatic carbocycles. The van der Waals surface area contributed by atoms with Crippen LogP contribution in [0.4, 0.5) is 0 Å². The molecule has 2 heteroatoms. The lowest BCUT2D eigenvalue weighted by Gasteiger charge is -2.36. The first-order valence-corrected chi connectivity index (χ1v) is 8.66. The van der Waals surface area contributed by atoms with Crippen molar-refractivity contribution in [3.8, 4) is 0 Å². The quantitative estimate of drug-likeness (QED) is 0.588. The maximum atomic E-state index is 6.21. The van der Waals surface area contributed by atoms with Gasteiger partial charge in [-0.2, -0.15) is 0 Å². The maximum Gasteiger partial charge on any atom is 0.0730 e. The molecule has 1 fully saturated rings. The minimum Gasteiger partial charge on any atom is -0.377 e. The number of unbranched alkanes of at least 4 members (excludes halogenated alkanes) is 2. The summed E-state index contributed by atoms with van der Waals surface area (Å²) in [5, 5.41) is 3.70. The van der Waals surface area contributed by atoms with Crippen LogP contribution in [0.15, 0.2) is 0 Å². The van der Waals surface area contributed by atoms with E-state index < -0.39 is 0 Å². The summed E-state index contributed by atoms with van der Waals surface area (Å²) < 4.78 is 6.21. The van der Waals surface area contributed by atoms with Crippen LogP contribution in [0.5, 0.6) is 0 Å². The van der Waals surface area contributed by atoms with Gasteiger partial charge in [0, 0.05) is 12.6 Å². The zero-order valence-corrected chi connectivity index (χ0v) is 13.4. The second kappa shape index (κ2) is 10.7. The highest BCUT2D eigenvalue weighted by molar-refractivity contribution is 4.85. The van der Waals surface area contributed by atoms with E-state index in [9.17, 15) is 0 Å². The largest absolute Gasteiger partial charge is 0.377 e. The third kappa shape index (κ3) is 6.76. The highest BCUT2D eigenvalue weighted by atomic mass is 16.5. The van der Waals surface area contributed by atoms with E-state index in [1.807, 2.05) is 0 Å². The van der Waals surface area contributed by atoms with Gasteiger partial charge in [0.15, 0.2) is 0 Å². The average molecular weight is 269 g/mol. The van der Waals surface area contributed by atoms with E-state index in [0.717, 1.165) is 19.1 Å². The van der Waals surface area contributed by atoms with Crippen molar-refractivity contribution in [1.82, 2.24) is 5.32 Å². The summed E-state index contributed by atoms with van der Waals surface area (Å²) in [6, 6.07) is 0.606. The number of ether oxygens (including phenoxy) is 1. The first-order valence-electron chi connectivity index (χ1n) is 8.66. The van der Waals surface area contributed by atoms with E-state index in [1.165, 1.54) is 57.8 Å². The summed E-state index contributed by atoms with van der Waals surface area (Å²) in [5.74, 6) is 0.904. The van der Waals surface area contributed by atoms with Crippen molar-refractivity contribution < 1.29 is 4.74 Å². The smallest absolute Gasteiger partial charge is 0.0730 e. The molecule has 0 heterocycles. The van der Waals surface area contributed by atoms with Crippen molar-refractivity contribution in [3.05, 3.63) is 0 Å². The van der Waals surface area contributed by atoms with Gasteiger partial charge < -0.3 is 10.1 Å². The first kappa shape index (κ1) is 17.0. The van der Waals surface area contributed by atoms with Crippen LogP contribution in [0.2, 0.25) is 0 Å². The molecule has 3 atom stereocenters. The Balaban J connectivity index is 2.35. The van der Waals surface area contributed by atoms with Crippen LogP contribution in [0.1, 0.15) is 78.6 Å². The van der Waals surface area contributed by atoms with E-state index in [-0.39, 0.29) is 0 Å². The van der Waals surface area contributed by atoms with E-state index >= 15 is 0 Å². The zero-order valence-electron chi connectivity index (χ0n) is 13.4. The molecular formula is C17H35NO. The summed E-state index contributed by atoms with van der Waals surface area (Å²) in [6.07, 6.45) is 12.2. The van der Waals surface area contributed by atoms with Crippen molar-refractivity contribution in [3.63, 3.8) is 0 Å². The van der Waals surface area contributed by atoms with Crippen molar-refractivity contribution in [2.45, 2.75) is 90.7 Å².